The van der Waals surface area contributed by atoms with Crippen LogP contribution in [0.1, 0.15) is 35.7 Å². The van der Waals surface area contributed by atoms with Crippen molar-refractivity contribution in [2.24, 2.45) is 0 Å². The highest BCUT2D eigenvalue weighted by molar-refractivity contribution is 9.10. The first-order valence-corrected chi connectivity index (χ1v) is 9.84. The van der Waals surface area contributed by atoms with E-state index in [2.05, 4.69) is 33.5 Å². The Bertz CT molecular complexity index is 786. The molecule has 0 unspecified atom stereocenters. The Morgan fingerprint density at radius 3 is 2.73 bits per heavy atom. The summed E-state index contributed by atoms with van der Waals surface area (Å²) in [7, 11) is 0. The predicted octanol–water partition coefficient (Wildman–Crippen LogP) is 5.09. The highest BCUT2D eigenvalue weighted by atomic mass is 79.9. The maximum absolute atomic E-state index is 12.3. The Morgan fingerprint density at radius 1 is 1.27 bits per heavy atom. The molecule has 0 spiro atoms. The number of amides is 1. The predicted molar refractivity (Wildman–Crippen MR) is 113 cm³/mol. The van der Waals surface area contributed by atoms with E-state index in [1.807, 2.05) is 24.3 Å². The normalized spacial score (nSPS) is 10.3. The molecule has 0 aliphatic carbocycles. The van der Waals surface area contributed by atoms with Crippen molar-refractivity contribution < 1.29 is 9.53 Å². The second-order valence-electron chi connectivity index (χ2n) is 5.58. The summed E-state index contributed by atoms with van der Waals surface area (Å²) in [5, 5.41) is 6.54. The van der Waals surface area contributed by atoms with Gasteiger partial charge in [0.15, 0.2) is 5.11 Å². The third kappa shape index (κ3) is 6.27. The highest BCUT2D eigenvalue weighted by Crippen LogP contribution is 2.26. The molecule has 0 saturated carbocycles. The van der Waals surface area contributed by atoms with E-state index in [0.717, 1.165) is 28.6 Å². The van der Waals surface area contributed by atoms with Crippen molar-refractivity contribution in [2.45, 2.75) is 26.3 Å². The fourth-order valence-electron chi connectivity index (χ4n) is 2.12. The summed E-state index contributed by atoms with van der Waals surface area (Å²) in [6, 6.07) is 12.7. The van der Waals surface area contributed by atoms with Crippen LogP contribution in [0.5, 0.6) is 5.75 Å². The zero-order valence-electron chi connectivity index (χ0n) is 14.4. The van der Waals surface area contributed by atoms with E-state index < -0.39 is 0 Å². The van der Waals surface area contributed by atoms with Crippen LogP contribution < -0.4 is 15.4 Å². The monoisotopic (exact) mass is 454 g/mol. The van der Waals surface area contributed by atoms with Gasteiger partial charge in [0.2, 0.25) is 0 Å². The van der Waals surface area contributed by atoms with Crippen molar-refractivity contribution in [3.63, 3.8) is 0 Å². The molecule has 0 aromatic heterocycles. The Kier molecular flexibility index (Phi) is 8.35. The molecule has 0 heterocycles. The fourth-order valence-corrected chi connectivity index (χ4v) is 2.98. The Balaban J connectivity index is 1.89. The molecule has 26 heavy (non-hydrogen) atoms. The zero-order valence-corrected chi connectivity index (χ0v) is 17.5. The molecule has 0 atom stereocenters. The van der Waals surface area contributed by atoms with Gasteiger partial charge in [-0.05, 0) is 64.4 Å². The maximum atomic E-state index is 12.3. The lowest BCUT2D eigenvalue weighted by Crippen LogP contribution is -2.38. The van der Waals surface area contributed by atoms with Crippen LogP contribution in [0.4, 0.5) is 0 Å². The van der Waals surface area contributed by atoms with Gasteiger partial charge in [0.25, 0.3) is 5.91 Å². The molecule has 0 aliphatic rings. The molecule has 0 saturated heterocycles. The van der Waals surface area contributed by atoms with Gasteiger partial charge in [0.05, 0.1) is 11.1 Å². The van der Waals surface area contributed by atoms with Crippen molar-refractivity contribution >= 4 is 50.8 Å². The summed E-state index contributed by atoms with van der Waals surface area (Å²) in [4.78, 5) is 12.3. The van der Waals surface area contributed by atoms with Crippen LogP contribution in [-0.2, 0) is 6.54 Å². The zero-order chi connectivity index (χ0) is 18.9. The molecule has 1 amide bonds. The average Bonchev–Trinajstić information content (AvgIpc) is 2.62. The summed E-state index contributed by atoms with van der Waals surface area (Å²) in [5.41, 5.74) is 1.39. The van der Waals surface area contributed by atoms with Gasteiger partial charge < -0.3 is 10.1 Å². The molecule has 2 rings (SSSR count). The quantitative estimate of drug-likeness (QED) is 0.451. The molecule has 138 valence electrons. The molecular weight excluding hydrogens is 436 g/mol. The van der Waals surface area contributed by atoms with E-state index in [0.29, 0.717) is 23.7 Å². The number of unbranched alkanes of at least 4 members (excludes halogenated alkanes) is 1. The second kappa shape index (κ2) is 10.5. The average molecular weight is 456 g/mol. The molecule has 2 aromatic rings. The second-order valence-corrected chi connectivity index (χ2v) is 7.25. The molecule has 2 aromatic carbocycles. The number of benzene rings is 2. The van der Waals surface area contributed by atoms with Crippen LogP contribution in [0.25, 0.3) is 0 Å². The van der Waals surface area contributed by atoms with E-state index >= 15 is 0 Å². The number of hydrogen-bond acceptors (Lipinski definition) is 3. The van der Waals surface area contributed by atoms with Gasteiger partial charge in [0.1, 0.15) is 5.75 Å². The number of ether oxygens (including phenoxy) is 1. The number of thiocarbonyl (C=S) groups is 1. The smallest absolute Gasteiger partial charge is 0.257 e. The summed E-state index contributed by atoms with van der Waals surface area (Å²) in [6.45, 7) is 3.19. The lowest BCUT2D eigenvalue weighted by atomic mass is 10.2. The van der Waals surface area contributed by atoms with Crippen molar-refractivity contribution in [2.75, 3.05) is 6.61 Å². The lowest BCUT2D eigenvalue weighted by molar-refractivity contribution is 0.0976. The molecule has 0 aliphatic heterocycles. The van der Waals surface area contributed by atoms with Gasteiger partial charge in [-0.1, -0.05) is 43.1 Å². The number of hydrogen-bond donors (Lipinski definition) is 2. The molecule has 0 radical (unpaired) electrons. The van der Waals surface area contributed by atoms with Crippen LogP contribution in [0.2, 0.25) is 5.02 Å². The fraction of sp³-hybridized carbons (Fsp3) is 0.263. The minimum atomic E-state index is -0.289. The van der Waals surface area contributed by atoms with Gasteiger partial charge in [-0.25, -0.2) is 0 Å². The number of carbonyl (C=O) groups is 1. The van der Waals surface area contributed by atoms with Crippen LogP contribution in [0.15, 0.2) is 46.9 Å². The number of rotatable bonds is 7. The molecule has 0 fully saturated rings. The van der Waals surface area contributed by atoms with E-state index in [9.17, 15) is 4.79 Å². The third-order valence-electron chi connectivity index (χ3n) is 3.57. The van der Waals surface area contributed by atoms with Crippen LogP contribution >= 0.6 is 39.7 Å². The molecule has 4 nitrogen and oxygen atoms in total. The van der Waals surface area contributed by atoms with Gasteiger partial charge in [-0.15, -0.1) is 0 Å². The first-order chi connectivity index (χ1) is 12.5. The standard InChI is InChI=1S/C19H20BrClN2O2S/c1-2-3-10-25-17-9-8-13(11-15(17)20)18(24)23-19(26)22-12-14-6-4-5-7-16(14)21/h4-9,11H,2-3,10,12H2,1H3,(H2,22,23,24,26). The SMILES string of the molecule is CCCCOc1ccc(C(=O)NC(=S)NCc2ccccc2Cl)cc1Br. The van der Waals surface area contributed by atoms with E-state index in [-0.39, 0.29) is 11.0 Å². The first-order valence-electron chi connectivity index (χ1n) is 8.26. The van der Waals surface area contributed by atoms with Gasteiger partial charge in [0, 0.05) is 17.1 Å². The van der Waals surface area contributed by atoms with Crippen molar-refractivity contribution in [1.82, 2.24) is 10.6 Å². The molecule has 0 bridgehead atoms. The summed E-state index contributed by atoms with van der Waals surface area (Å²) >= 11 is 14.7. The maximum Gasteiger partial charge on any atom is 0.257 e. The van der Waals surface area contributed by atoms with Crippen LogP contribution in [0.3, 0.4) is 0 Å². The molecule has 2 N–H and O–H groups in total. The minimum absolute atomic E-state index is 0.245. The van der Waals surface area contributed by atoms with Gasteiger partial charge >= 0.3 is 0 Å². The lowest BCUT2D eigenvalue weighted by Gasteiger charge is -2.12. The summed E-state index contributed by atoms with van der Waals surface area (Å²) in [5.74, 6) is 0.428. The topological polar surface area (TPSA) is 50.4 Å². The minimum Gasteiger partial charge on any atom is -0.492 e. The summed E-state index contributed by atoms with van der Waals surface area (Å²) < 4.78 is 6.40. The first kappa shape index (κ1) is 20.7. The summed E-state index contributed by atoms with van der Waals surface area (Å²) in [6.07, 6.45) is 2.05. The Labute approximate surface area is 172 Å². The number of nitrogens with one attached hydrogen (secondary N) is 2. The molecule has 7 heteroatoms. The van der Waals surface area contributed by atoms with E-state index in [1.54, 1.807) is 18.2 Å². The Hall–Kier alpha value is -1.63. The number of carbonyl (C=O) groups excluding carboxylic acids is 1. The third-order valence-corrected chi connectivity index (χ3v) is 4.81. The van der Waals surface area contributed by atoms with E-state index in [1.165, 1.54) is 0 Å². The highest BCUT2D eigenvalue weighted by Gasteiger charge is 2.11. The number of halogens is 2. The van der Waals surface area contributed by atoms with E-state index in [4.69, 9.17) is 28.6 Å². The van der Waals surface area contributed by atoms with Crippen molar-refractivity contribution in [3.8, 4) is 5.75 Å². The largest absolute Gasteiger partial charge is 0.492 e. The molecular formula is C19H20BrClN2O2S. The van der Waals surface area contributed by atoms with Crippen molar-refractivity contribution in [1.29, 1.82) is 0 Å². The van der Waals surface area contributed by atoms with Crippen molar-refractivity contribution in [3.05, 3.63) is 63.1 Å². The van der Waals surface area contributed by atoms with Gasteiger partial charge in [-0.2, -0.15) is 0 Å². The van der Waals surface area contributed by atoms with Crippen LogP contribution in [-0.4, -0.2) is 17.6 Å². The van der Waals surface area contributed by atoms with Crippen LogP contribution in [0, 0.1) is 0 Å². The Morgan fingerprint density at radius 2 is 2.04 bits per heavy atom. The van der Waals surface area contributed by atoms with Gasteiger partial charge in [-0.3, -0.25) is 10.1 Å².